The maximum atomic E-state index is 12.4. The van der Waals surface area contributed by atoms with E-state index in [1.54, 1.807) is 18.2 Å². The smallest absolute Gasteiger partial charge is 0.294 e. The van der Waals surface area contributed by atoms with E-state index in [1.807, 2.05) is 0 Å². The molecule has 0 aliphatic carbocycles. The van der Waals surface area contributed by atoms with Crippen molar-refractivity contribution in [2.24, 2.45) is 0 Å². The van der Waals surface area contributed by atoms with E-state index in [-0.39, 0.29) is 27.1 Å². The number of halogens is 2. The average Bonchev–Trinajstić information content (AvgIpc) is 2.56. The van der Waals surface area contributed by atoms with Gasteiger partial charge in [0.1, 0.15) is 11.4 Å². The Kier molecular flexibility index (Phi) is 6.29. The van der Waals surface area contributed by atoms with Crippen LogP contribution in [-0.2, 0) is 0 Å². The van der Waals surface area contributed by atoms with E-state index in [9.17, 15) is 14.9 Å². The third-order valence-electron chi connectivity index (χ3n) is 3.04. The zero-order valence-electron chi connectivity index (χ0n) is 12.7. The quantitative estimate of drug-likeness (QED) is 0.418. The lowest BCUT2D eigenvalue weighted by molar-refractivity contribution is -0.383. The van der Waals surface area contributed by atoms with Crippen LogP contribution in [0.2, 0.25) is 5.02 Å². The van der Waals surface area contributed by atoms with Crippen molar-refractivity contribution in [2.75, 3.05) is 12.4 Å². The summed E-state index contributed by atoms with van der Waals surface area (Å²) in [6, 6.07) is 8.98. The number of anilines is 1. The first kappa shape index (κ1) is 19.1. The van der Waals surface area contributed by atoms with Crippen molar-refractivity contribution in [3.8, 4) is 5.75 Å². The largest absolute Gasteiger partial charge is 0.496 e. The molecule has 10 heteroatoms. The molecule has 0 aromatic heterocycles. The fourth-order valence-electron chi connectivity index (χ4n) is 1.94. The van der Waals surface area contributed by atoms with Gasteiger partial charge in [-0.15, -0.1) is 0 Å². The molecule has 1 amide bonds. The molecule has 2 rings (SSSR count). The maximum absolute atomic E-state index is 12.4. The Labute approximate surface area is 161 Å². The number of methoxy groups -OCH3 is 1. The molecule has 25 heavy (non-hydrogen) atoms. The molecular formula is C15H11BrClN3O4S. The lowest BCUT2D eigenvalue weighted by Crippen LogP contribution is -2.34. The van der Waals surface area contributed by atoms with Gasteiger partial charge in [0.25, 0.3) is 11.6 Å². The molecule has 0 atom stereocenters. The summed E-state index contributed by atoms with van der Waals surface area (Å²) in [4.78, 5) is 22.8. The Bertz CT molecular complexity index is 863. The highest BCUT2D eigenvalue weighted by atomic mass is 79.9. The fourth-order valence-corrected chi connectivity index (χ4v) is 2.67. The number of benzene rings is 2. The number of ether oxygens (including phenoxy) is 1. The number of carbonyl (C=O) groups excluding carboxylic acids is 1. The molecule has 0 aliphatic rings. The minimum absolute atomic E-state index is 0.0996. The molecule has 0 saturated heterocycles. The zero-order chi connectivity index (χ0) is 18.6. The Hall–Kier alpha value is -2.23. The molecule has 2 aromatic carbocycles. The van der Waals surface area contributed by atoms with Crippen LogP contribution < -0.4 is 15.4 Å². The third-order valence-corrected chi connectivity index (χ3v) is 3.97. The number of nitro groups is 1. The van der Waals surface area contributed by atoms with E-state index in [0.717, 1.165) is 0 Å². The van der Waals surface area contributed by atoms with Crippen molar-refractivity contribution in [2.45, 2.75) is 0 Å². The zero-order valence-corrected chi connectivity index (χ0v) is 15.9. The summed E-state index contributed by atoms with van der Waals surface area (Å²) in [5.41, 5.74) is 0.108. The molecule has 0 spiro atoms. The van der Waals surface area contributed by atoms with Crippen LogP contribution in [-0.4, -0.2) is 23.1 Å². The Morgan fingerprint density at radius 2 is 2.04 bits per heavy atom. The van der Waals surface area contributed by atoms with Gasteiger partial charge in [-0.05, 0) is 42.5 Å². The minimum Gasteiger partial charge on any atom is -0.496 e. The standard InChI is InChI=1S/C15H11BrClN3O4S/c1-24-13-5-2-8(16)6-10(13)14(21)19-15(25)18-11-4-3-9(17)7-12(11)20(22)23/h2-7H,1H3,(H2,18,19,21,25). The Morgan fingerprint density at radius 3 is 2.68 bits per heavy atom. The van der Waals surface area contributed by atoms with Gasteiger partial charge in [-0.2, -0.15) is 0 Å². The number of amides is 1. The molecule has 0 bridgehead atoms. The Morgan fingerprint density at radius 1 is 1.32 bits per heavy atom. The van der Waals surface area contributed by atoms with Crippen molar-refractivity contribution in [3.63, 3.8) is 0 Å². The fraction of sp³-hybridized carbons (Fsp3) is 0.0667. The first-order chi connectivity index (χ1) is 11.8. The van der Waals surface area contributed by atoms with Crippen molar-refractivity contribution in [1.82, 2.24) is 5.32 Å². The van der Waals surface area contributed by atoms with Gasteiger partial charge in [0, 0.05) is 15.6 Å². The van der Waals surface area contributed by atoms with Crippen LogP contribution in [0.15, 0.2) is 40.9 Å². The van der Waals surface area contributed by atoms with Crippen LogP contribution in [0.1, 0.15) is 10.4 Å². The number of thiocarbonyl (C=S) groups is 1. The highest BCUT2D eigenvalue weighted by Gasteiger charge is 2.18. The van der Waals surface area contributed by atoms with Gasteiger partial charge in [-0.25, -0.2) is 0 Å². The van der Waals surface area contributed by atoms with Gasteiger partial charge in [0.2, 0.25) is 0 Å². The molecule has 7 nitrogen and oxygen atoms in total. The summed E-state index contributed by atoms with van der Waals surface area (Å²) >= 11 is 14.1. The summed E-state index contributed by atoms with van der Waals surface area (Å²) in [5, 5.41) is 16.3. The van der Waals surface area contributed by atoms with Crippen LogP contribution in [0.4, 0.5) is 11.4 Å². The van der Waals surface area contributed by atoms with E-state index in [1.165, 1.54) is 25.3 Å². The van der Waals surface area contributed by atoms with Crippen LogP contribution in [0.3, 0.4) is 0 Å². The topological polar surface area (TPSA) is 93.5 Å². The predicted octanol–water partition coefficient (Wildman–Crippen LogP) is 4.15. The highest BCUT2D eigenvalue weighted by molar-refractivity contribution is 9.10. The number of nitrogens with zero attached hydrogens (tertiary/aromatic N) is 1. The summed E-state index contributed by atoms with van der Waals surface area (Å²) < 4.78 is 5.82. The minimum atomic E-state index is -0.601. The van der Waals surface area contributed by atoms with E-state index < -0.39 is 10.8 Å². The number of hydrogen-bond acceptors (Lipinski definition) is 5. The lowest BCUT2D eigenvalue weighted by atomic mass is 10.2. The molecule has 0 aliphatic heterocycles. The SMILES string of the molecule is COc1ccc(Br)cc1C(=O)NC(=S)Nc1ccc(Cl)cc1[N+](=O)[O-]. The molecule has 0 unspecified atom stereocenters. The van der Waals surface area contributed by atoms with Gasteiger partial charge >= 0.3 is 0 Å². The first-order valence-corrected chi connectivity index (χ1v) is 8.29. The average molecular weight is 445 g/mol. The first-order valence-electron chi connectivity index (χ1n) is 6.71. The van der Waals surface area contributed by atoms with Gasteiger partial charge in [-0.3, -0.25) is 20.2 Å². The molecule has 0 radical (unpaired) electrons. The molecule has 2 aromatic rings. The maximum Gasteiger partial charge on any atom is 0.294 e. The number of carbonyl (C=O) groups is 1. The highest BCUT2D eigenvalue weighted by Crippen LogP contribution is 2.28. The van der Waals surface area contributed by atoms with E-state index in [4.69, 9.17) is 28.6 Å². The van der Waals surface area contributed by atoms with Gasteiger partial charge in [-0.1, -0.05) is 27.5 Å². The summed E-state index contributed by atoms with van der Waals surface area (Å²) in [5.74, 6) is -0.159. The normalized spacial score (nSPS) is 10.0. The second kappa shape index (κ2) is 8.24. The van der Waals surface area contributed by atoms with Crippen molar-refractivity contribution < 1.29 is 14.5 Å². The van der Waals surface area contributed by atoms with Crippen LogP contribution in [0.25, 0.3) is 0 Å². The summed E-state index contributed by atoms with van der Waals surface area (Å²) in [7, 11) is 1.44. The summed E-state index contributed by atoms with van der Waals surface area (Å²) in [6.45, 7) is 0. The van der Waals surface area contributed by atoms with Gasteiger partial charge in [0.15, 0.2) is 5.11 Å². The molecule has 0 heterocycles. The van der Waals surface area contributed by atoms with E-state index in [0.29, 0.717) is 10.2 Å². The molecule has 130 valence electrons. The van der Waals surface area contributed by atoms with E-state index >= 15 is 0 Å². The van der Waals surface area contributed by atoms with Crippen molar-refractivity contribution in [3.05, 3.63) is 61.6 Å². The van der Waals surface area contributed by atoms with Gasteiger partial charge < -0.3 is 10.1 Å². The van der Waals surface area contributed by atoms with Gasteiger partial charge in [0.05, 0.1) is 17.6 Å². The monoisotopic (exact) mass is 443 g/mol. The number of nitro benzene ring substituents is 1. The summed E-state index contributed by atoms with van der Waals surface area (Å²) in [6.07, 6.45) is 0. The number of rotatable bonds is 4. The molecule has 0 fully saturated rings. The van der Waals surface area contributed by atoms with E-state index in [2.05, 4.69) is 26.6 Å². The van der Waals surface area contributed by atoms with Crippen molar-refractivity contribution in [1.29, 1.82) is 0 Å². The Balaban J connectivity index is 2.17. The second-order valence-corrected chi connectivity index (χ2v) is 6.43. The van der Waals surface area contributed by atoms with Crippen LogP contribution >= 0.6 is 39.7 Å². The lowest BCUT2D eigenvalue weighted by Gasteiger charge is -2.12. The van der Waals surface area contributed by atoms with Crippen LogP contribution in [0.5, 0.6) is 5.75 Å². The van der Waals surface area contributed by atoms with Crippen molar-refractivity contribution >= 4 is 62.1 Å². The second-order valence-electron chi connectivity index (χ2n) is 4.67. The number of hydrogen-bond donors (Lipinski definition) is 2. The molecule has 2 N–H and O–H groups in total. The molecule has 0 saturated carbocycles. The number of nitrogens with one attached hydrogen (secondary N) is 2. The van der Waals surface area contributed by atoms with Crippen LogP contribution in [0, 0.1) is 10.1 Å². The third kappa shape index (κ3) is 4.88. The predicted molar refractivity (Wildman–Crippen MR) is 102 cm³/mol. The molecular weight excluding hydrogens is 434 g/mol.